The Labute approximate surface area is 185 Å². The zero-order valence-electron chi connectivity index (χ0n) is 17.8. The first-order valence-electron chi connectivity index (χ1n) is 10.8. The molecule has 7 nitrogen and oxygen atoms in total. The molecular formula is C25H23N3O4. The smallest absolute Gasteiger partial charge is 0.272 e. The minimum atomic E-state index is -0.568. The van der Waals surface area contributed by atoms with Crippen LogP contribution in [0, 0.1) is 17.0 Å². The van der Waals surface area contributed by atoms with Gasteiger partial charge in [0.2, 0.25) is 5.91 Å². The number of amides is 2. The molecule has 1 N–H and O–H groups in total. The predicted octanol–water partition coefficient (Wildman–Crippen LogP) is 4.40. The molecule has 1 atom stereocenters. The van der Waals surface area contributed by atoms with Gasteiger partial charge < -0.3 is 10.2 Å². The highest BCUT2D eigenvalue weighted by Gasteiger charge is 2.35. The van der Waals surface area contributed by atoms with Gasteiger partial charge in [-0.05, 0) is 67.3 Å². The number of carbonyl (C=O) groups is 2. The molecular weight excluding hydrogens is 406 g/mol. The van der Waals surface area contributed by atoms with Crippen molar-refractivity contribution in [3.05, 3.63) is 80.9 Å². The third kappa shape index (κ3) is 3.30. The highest BCUT2D eigenvalue weighted by Crippen LogP contribution is 2.35. The topological polar surface area (TPSA) is 92.6 Å². The van der Waals surface area contributed by atoms with Gasteiger partial charge in [0.1, 0.15) is 6.04 Å². The lowest BCUT2D eigenvalue weighted by atomic mass is 10.0. The van der Waals surface area contributed by atoms with Crippen LogP contribution in [0.25, 0.3) is 10.8 Å². The van der Waals surface area contributed by atoms with Crippen molar-refractivity contribution in [2.24, 2.45) is 0 Å². The Balaban J connectivity index is 1.39. The van der Waals surface area contributed by atoms with Crippen LogP contribution < -0.4 is 5.32 Å². The lowest BCUT2D eigenvalue weighted by Gasteiger charge is -2.24. The SMILES string of the molecule is Cc1cc(C(=O)N2CCCC2C(=O)Nc2ccc3c4c(cccc24)CC3)ccc1[N+](=O)[O-]. The van der Waals surface area contributed by atoms with Crippen LogP contribution in [-0.4, -0.2) is 34.2 Å². The molecule has 0 saturated carbocycles. The number of benzene rings is 3. The maximum absolute atomic E-state index is 13.2. The molecule has 1 aliphatic carbocycles. The molecule has 5 rings (SSSR count). The summed E-state index contributed by atoms with van der Waals surface area (Å²) in [6.45, 7) is 2.09. The fraction of sp³-hybridized carbons (Fsp3) is 0.280. The van der Waals surface area contributed by atoms with E-state index in [4.69, 9.17) is 0 Å². The third-order valence-electron chi connectivity index (χ3n) is 6.59. The first kappa shape index (κ1) is 20.2. The van der Waals surface area contributed by atoms with Crippen molar-refractivity contribution in [2.45, 2.75) is 38.6 Å². The second-order valence-corrected chi connectivity index (χ2v) is 8.52. The van der Waals surface area contributed by atoms with E-state index in [0.717, 1.165) is 30.3 Å². The highest BCUT2D eigenvalue weighted by molar-refractivity contribution is 6.07. The van der Waals surface area contributed by atoms with Crippen molar-refractivity contribution in [3.8, 4) is 0 Å². The van der Waals surface area contributed by atoms with Crippen LogP contribution in [0.15, 0.2) is 48.5 Å². The number of nitrogens with zero attached hydrogens (tertiary/aromatic N) is 2. The number of rotatable bonds is 4. The number of carbonyl (C=O) groups excluding carboxylic acids is 2. The number of likely N-dealkylation sites (tertiary alicyclic amines) is 1. The Bertz CT molecular complexity index is 1270. The molecule has 0 aromatic heterocycles. The van der Waals surface area contributed by atoms with E-state index in [1.165, 1.54) is 34.7 Å². The van der Waals surface area contributed by atoms with Gasteiger partial charge in [0.15, 0.2) is 0 Å². The summed E-state index contributed by atoms with van der Waals surface area (Å²) in [6.07, 6.45) is 3.36. The quantitative estimate of drug-likeness (QED) is 0.491. The second-order valence-electron chi connectivity index (χ2n) is 8.52. The predicted molar refractivity (Wildman–Crippen MR) is 122 cm³/mol. The maximum atomic E-state index is 13.2. The molecule has 0 spiro atoms. The average molecular weight is 429 g/mol. The van der Waals surface area contributed by atoms with E-state index in [-0.39, 0.29) is 17.5 Å². The zero-order valence-corrected chi connectivity index (χ0v) is 17.8. The molecule has 2 amide bonds. The summed E-state index contributed by atoms with van der Waals surface area (Å²) in [5.74, 6) is -0.478. The summed E-state index contributed by atoms with van der Waals surface area (Å²) in [5.41, 5.74) is 4.14. The standard InChI is InChI=1S/C25H23N3O4/c1-15-14-18(10-12-21(15)28(31)32)25(30)27-13-3-6-22(27)24(29)26-20-11-9-17-8-7-16-4-2-5-19(20)23(16)17/h2,4-5,9-12,14,22H,3,6-8,13H2,1H3,(H,26,29). The van der Waals surface area contributed by atoms with Crippen molar-refractivity contribution in [2.75, 3.05) is 11.9 Å². The van der Waals surface area contributed by atoms with Gasteiger partial charge in [-0.15, -0.1) is 0 Å². The Kier molecular flexibility index (Phi) is 4.89. The first-order valence-corrected chi connectivity index (χ1v) is 10.8. The van der Waals surface area contributed by atoms with Gasteiger partial charge in [-0.25, -0.2) is 0 Å². The summed E-state index contributed by atoms with van der Waals surface area (Å²) in [5, 5.41) is 16.4. The van der Waals surface area contributed by atoms with Gasteiger partial charge in [-0.1, -0.05) is 24.3 Å². The van der Waals surface area contributed by atoms with Crippen molar-refractivity contribution >= 4 is 34.0 Å². The Morgan fingerprint density at radius 1 is 1.09 bits per heavy atom. The van der Waals surface area contributed by atoms with E-state index in [2.05, 4.69) is 17.4 Å². The summed E-state index contributed by atoms with van der Waals surface area (Å²) >= 11 is 0. The van der Waals surface area contributed by atoms with Crippen LogP contribution in [0.3, 0.4) is 0 Å². The number of nitro groups is 1. The minimum absolute atomic E-state index is 0.0238. The van der Waals surface area contributed by atoms with E-state index >= 15 is 0 Å². The highest BCUT2D eigenvalue weighted by atomic mass is 16.6. The maximum Gasteiger partial charge on any atom is 0.272 e. The monoisotopic (exact) mass is 429 g/mol. The van der Waals surface area contributed by atoms with Gasteiger partial charge in [-0.2, -0.15) is 0 Å². The molecule has 1 fully saturated rings. The van der Waals surface area contributed by atoms with Crippen LogP contribution >= 0.6 is 0 Å². The molecule has 2 aliphatic rings. The van der Waals surface area contributed by atoms with Crippen molar-refractivity contribution in [1.82, 2.24) is 4.90 Å². The summed E-state index contributed by atoms with van der Waals surface area (Å²) < 4.78 is 0. The van der Waals surface area contributed by atoms with Gasteiger partial charge >= 0.3 is 0 Å². The summed E-state index contributed by atoms with van der Waals surface area (Å²) in [4.78, 5) is 38.5. The van der Waals surface area contributed by atoms with Crippen LogP contribution in [0.2, 0.25) is 0 Å². The van der Waals surface area contributed by atoms with Crippen LogP contribution in [0.5, 0.6) is 0 Å². The molecule has 1 saturated heterocycles. The molecule has 0 bridgehead atoms. The number of hydrogen-bond acceptors (Lipinski definition) is 4. The Morgan fingerprint density at radius 3 is 2.62 bits per heavy atom. The van der Waals surface area contributed by atoms with E-state index in [0.29, 0.717) is 24.1 Å². The van der Waals surface area contributed by atoms with E-state index in [9.17, 15) is 19.7 Å². The summed E-state index contributed by atoms with van der Waals surface area (Å²) in [7, 11) is 0. The van der Waals surface area contributed by atoms with Gasteiger partial charge in [-0.3, -0.25) is 19.7 Å². The molecule has 32 heavy (non-hydrogen) atoms. The number of nitrogens with one attached hydrogen (secondary N) is 1. The lowest BCUT2D eigenvalue weighted by molar-refractivity contribution is -0.385. The molecule has 1 aliphatic heterocycles. The Hall–Kier alpha value is -3.74. The van der Waals surface area contributed by atoms with Crippen LogP contribution in [-0.2, 0) is 17.6 Å². The molecule has 7 heteroatoms. The normalized spacial score (nSPS) is 17.0. The molecule has 3 aromatic rings. The molecule has 162 valence electrons. The van der Waals surface area contributed by atoms with Crippen molar-refractivity contribution in [3.63, 3.8) is 0 Å². The van der Waals surface area contributed by atoms with Crippen LogP contribution in [0.4, 0.5) is 11.4 Å². The minimum Gasteiger partial charge on any atom is -0.327 e. The van der Waals surface area contributed by atoms with E-state index in [1.807, 2.05) is 18.2 Å². The van der Waals surface area contributed by atoms with Gasteiger partial charge in [0.05, 0.1) is 4.92 Å². The molecule has 1 heterocycles. The third-order valence-corrected chi connectivity index (χ3v) is 6.59. The zero-order chi connectivity index (χ0) is 22.4. The fourth-order valence-corrected chi connectivity index (χ4v) is 5.01. The molecule has 3 aromatic carbocycles. The number of nitro benzene ring substituents is 1. The Morgan fingerprint density at radius 2 is 1.88 bits per heavy atom. The first-order chi connectivity index (χ1) is 15.4. The van der Waals surface area contributed by atoms with Crippen LogP contribution in [0.1, 0.15) is 39.9 Å². The molecule has 1 unspecified atom stereocenters. The van der Waals surface area contributed by atoms with Crippen molar-refractivity contribution < 1.29 is 14.5 Å². The van der Waals surface area contributed by atoms with E-state index in [1.54, 1.807) is 11.8 Å². The number of anilines is 1. The van der Waals surface area contributed by atoms with Crippen molar-refractivity contribution in [1.29, 1.82) is 0 Å². The number of aryl methyl sites for hydroxylation is 3. The largest absolute Gasteiger partial charge is 0.327 e. The van der Waals surface area contributed by atoms with Gasteiger partial charge in [0, 0.05) is 34.8 Å². The fourth-order valence-electron chi connectivity index (χ4n) is 5.01. The van der Waals surface area contributed by atoms with E-state index < -0.39 is 11.0 Å². The van der Waals surface area contributed by atoms with Gasteiger partial charge in [0.25, 0.3) is 11.6 Å². The second kappa shape index (κ2) is 7.75. The lowest BCUT2D eigenvalue weighted by Crippen LogP contribution is -2.43. The average Bonchev–Trinajstić information content (AvgIpc) is 3.43. The number of hydrogen-bond donors (Lipinski definition) is 1. The molecule has 0 radical (unpaired) electrons. The summed E-state index contributed by atoms with van der Waals surface area (Å²) in [6, 6.07) is 14.0.